The summed E-state index contributed by atoms with van der Waals surface area (Å²) < 4.78 is 0. The lowest BCUT2D eigenvalue weighted by atomic mass is 9.47. The summed E-state index contributed by atoms with van der Waals surface area (Å²) in [4.78, 5) is 4.44. The Hall–Kier alpha value is -0.330. The SMILES string of the molecule is C/N=C(/C)C(C)(C)C(C)(C)C(C)(C)C(C)(C)C. The zero-order chi connectivity index (χ0) is 14.3. The minimum absolute atomic E-state index is 0.0958. The lowest BCUT2D eigenvalue weighted by molar-refractivity contribution is -0.0596. The van der Waals surface area contributed by atoms with Gasteiger partial charge in [0.2, 0.25) is 0 Å². The van der Waals surface area contributed by atoms with Crippen LogP contribution in [0.15, 0.2) is 4.99 Å². The Labute approximate surface area is 109 Å². The van der Waals surface area contributed by atoms with E-state index < -0.39 is 0 Å². The Kier molecular flexibility index (Phi) is 4.32. The van der Waals surface area contributed by atoms with E-state index in [-0.39, 0.29) is 21.7 Å². The molecule has 0 saturated heterocycles. The molecule has 0 aliphatic heterocycles. The summed E-state index contributed by atoms with van der Waals surface area (Å²) in [6.07, 6.45) is 0. The maximum atomic E-state index is 4.44. The first kappa shape index (κ1) is 16.7. The Bertz CT molecular complexity index is 298. The number of hydrogen-bond acceptors (Lipinski definition) is 1. The van der Waals surface area contributed by atoms with Gasteiger partial charge in [-0.2, -0.15) is 0 Å². The molecule has 0 aliphatic carbocycles. The number of hydrogen-bond donors (Lipinski definition) is 0. The van der Waals surface area contributed by atoms with Crippen molar-refractivity contribution < 1.29 is 0 Å². The van der Waals surface area contributed by atoms with Crippen LogP contribution in [0, 0.1) is 21.7 Å². The predicted molar refractivity (Wildman–Crippen MR) is 79.8 cm³/mol. The van der Waals surface area contributed by atoms with Gasteiger partial charge in [0.05, 0.1) is 0 Å². The number of rotatable bonds is 3. The fourth-order valence-corrected chi connectivity index (χ4v) is 2.45. The van der Waals surface area contributed by atoms with Crippen molar-refractivity contribution in [2.24, 2.45) is 26.7 Å². The molecule has 0 aromatic carbocycles. The second kappa shape index (κ2) is 4.40. The molecule has 1 nitrogen and oxygen atoms in total. The third-order valence-electron chi connectivity index (χ3n) is 6.24. The maximum absolute atomic E-state index is 4.44. The second-order valence-electron chi connectivity index (χ2n) is 7.93. The summed E-state index contributed by atoms with van der Waals surface area (Å²) in [6, 6.07) is 0. The topological polar surface area (TPSA) is 12.4 Å². The van der Waals surface area contributed by atoms with E-state index >= 15 is 0 Å². The molecule has 0 aromatic heterocycles. The molecule has 0 aliphatic rings. The second-order valence-corrected chi connectivity index (χ2v) is 7.93. The van der Waals surface area contributed by atoms with Crippen LogP contribution in [-0.2, 0) is 0 Å². The van der Waals surface area contributed by atoms with E-state index in [1.165, 1.54) is 5.71 Å². The van der Waals surface area contributed by atoms with E-state index in [9.17, 15) is 0 Å². The fourth-order valence-electron chi connectivity index (χ4n) is 2.45. The average Bonchev–Trinajstić information content (AvgIpc) is 2.13. The van der Waals surface area contributed by atoms with Gasteiger partial charge in [-0.25, -0.2) is 0 Å². The van der Waals surface area contributed by atoms with Crippen LogP contribution in [0.5, 0.6) is 0 Å². The monoisotopic (exact) mass is 239 g/mol. The molecule has 0 fully saturated rings. The highest BCUT2D eigenvalue weighted by molar-refractivity contribution is 5.88. The minimum Gasteiger partial charge on any atom is -0.297 e. The molecule has 0 heterocycles. The highest BCUT2D eigenvalue weighted by Gasteiger charge is 2.53. The van der Waals surface area contributed by atoms with Gasteiger partial charge in [0.1, 0.15) is 0 Å². The quantitative estimate of drug-likeness (QED) is 0.600. The number of aliphatic imine (C=N–C) groups is 1. The summed E-state index contributed by atoms with van der Waals surface area (Å²) >= 11 is 0. The van der Waals surface area contributed by atoms with Gasteiger partial charge in [-0.05, 0) is 23.2 Å². The summed E-state index contributed by atoms with van der Waals surface area (Å²) in [5, 5.41) is 0. The molecule has 0 radical (unpaired) electrons. The fraction of sp³-hybridized carbons (Fsp3) is 0.938. The summed E-state index contributed by atoms with van der Waals surface area (Å²) in [7, 11) is 1.90. The molecule has 0 atom stereocenters. The van der Waals surface area contributed by atoms with Gasteiger partial charge in [-0.1, -0.05) is 62.3 Å². The Balaban J connectivity index is 5.72. The molecule has 0 amide bonds. The molecule has 0 aromatic rings. The summed E-state index contributed by atoms with van der Waals surface area (Å²) in [5.41, 5.74) is 1.98. The van der Waals surface area contributed by atoms with Crippen molar-refractivity contribution in [2.45, 2.75) is 69.2 Å². The van der Waals surface area contributed by atoms with E-state index in [4.69, 9.17) is 0 Å². The van der Waals surface area contributed by atoms with Crippen LogP contribution in [0.1, 0.15) is 69.2 Å². The normalized spacial score (nSPS) is 16.3. The van der Waals surface area contributed by atoms with E-state index in [0.29, 0.717) is 0 Å². The van der Waals surface area contributed by atoms with Gasteiger partial charge >= 0.3 is 0 Å². The largest absolute Gasteiger partial charge is 0.297 e. The average molecular weight is 239 g/mol. The van der Waals surface area contributed by atoms with Crippen LogP contribution >= 0.6 is 0 Å². The van der Waals surface area contributed by atoms with Gasteiger partial charge in [0, 0.05) is 18.2 Å². The molecule has 1 heteroatoms. The van der Waals surface area contributed by atoms with Crippen LogP contribution in [0.3, 0.4) is 0 Å². The van der Waals surface area contributed by atoms with Gasteiger partial charge in [0.25, 0.3) is 0 Å². The minimum atomic E-state index is 0.0958. The molecule has 0 unspecified atom stereocenters. The molecule has 102 valence electrons. The van der Waals surface area contributed by atoms with Crippen LogP contribution < -0.4 is 0 Å². The predicted octanol–water partition coefficient (Wildman–Crippen LogP) is 5.20. The van der Waals surface area contributed by atoms with Crippen molar-refractivity contribution in [3.05, 3.63) is 0 Å². The van der Waals surface area contributed by atoms with E-state index in [1.807, 2.05) is 7.05 Å². The Morgan fingerprint density at radius 2 is 1.06 bits per heavy atom. The molecule has 0 rings (SSSR count). The molecular formula is C16H33N. The molecule has 0 bridgehead atoms. The highest BCUT2D eigenvalue weighted by Crippen LogP contribution is 2.59. The highest BCUT2D eigenvalue weighted by atomic mass is 14.7. The maximum Gasteiger partial charge on any atom is 0.0276 e. The molecule has 0 N–H and O–H groups in total. The zero-order valence-corrected chi connectivity index (χ0v) is 13.9. The van der Waals surface area contributed by atoms with Crippen molar-refractivity contribution in [1.29, 1.82) is 0 Å². The Morgan fingerprint density at radius 3 is 1.29 bits per heavy atom. The van der Waals surface area contributed by atoms with Gasteiger partial charge < -0.3 is 0 Å². The van der Waals surface area contributed by atoms with Crippen molar-refractivity contribution in [3.8, 4) is 0 Å². The van der Waals surface area contributed by atoms with Crippen LogP contribution in [-0.4, -0.2) is 12.8 Å². The lowest BCUT2D eigenvalue weighted by Gasteiger charge is -2.58. The van der Waals surface area contributed by atoms with Gasteiger partial charge in [-0.15, -0.1) is 0 Å². The summed E-state index contributed by atoms with van der Waals surface area (Å²) in [5.74, 6) is 0. The van der Waals surface area contributed by atoms with E-state index in [1.54, 1.807) is 0 Å². The van der Waals surface area contributed by atoms with E-state index in [2.05, 4.69) is 74.2 Å². The van der Waals surface area contributed by atoms with Crippen molar-refractivity contribution >= 4 is 5.71 Å². The Morgan fingerprint density at radius 1 is 0.706 bits per heavy atom. The standard InChI is InChI=1S/C16H33N/c1-12(17-11)14(5,6)16(9,10)15(7,8)13(2,3)4/h1-11H3/b17-12-. The number of nitrogens with zero attached hydrogens (tertiary/aromatic N) is 1. The molecule has 0 saturated carbocycles. The molecular weight excluding hydrogens is 206 g/mol. The van der Waals surface area contributed by atoms with Crippen molar-refractivity contribution in [3.63, 3.8) is 0 Å². The van der Waals surface area contributed by atoms with E-state index in [0.717, 1.165) is 0 Å². The third-order valence-corrected chi connectivity index (χ3v) is 6.24. The first-order valence-electron chi connectivity index (χ1n) is 6.67. The molecule has 0 spiro atoms. The first-order chi connectivity index (χ1) is 7.23. The van der Waals surface area contributed by atoms with Gasteiger partial charge in [-0.3, -0.25) is 4.99 Å². The van der Waals surface area contributed by atoms with Crippen LogP contribution in [0.4, 0.5) is 0 Å². The third kappa shape index (κ3) is 2.44. The summed E-state index contributed by atoms with van der Waals surface area (Å²) in [6.45, 7) is 23.3. The first-order valence-corrected chi connectivity index (χ1v) is 6.67. The van der Waals surface area contributed by atoms with Crippen LogP contribution in [0.25, 0.3) is 0 Å². The zero-order valence-electron chi connectivity index (χ0n) is 13.9. The molecule has 17 heavy (non-hydrogen) atoms. The van der Waals surface area contributed by atoms with Crippen LogP contribution in [0.2, 0.25) is 0 Å². The lowest BCUT2D eigenvalue weighted by Crippen LogP contribution is -2.53. The smallest absolute Gasteiger partial charge is 0.0276 e. The van der Waals surface area contributed by atoms with Crippen molar-refractivity contribution in [2.75, 3.05) is 7.05 Å². The van der Waals surface area contributed by atoms with Gasteiger partial charge in [0.15, 0.2) is 0 Å². The van der Waals surface area contributed by atoms with Crippen molar-refractivity contribution in [1.82, 2.24) is 0 Å².